The maximum atomic E-state index is 13.0. The summed E-state index contributed by atoms with van der Waals surface area (Å²) in [7, 11) is 3.46. The number of aryl methyl sites for hydroxylation is 2. The molecule has 2 amide bonds. The average Bonchev–Trinajstić information content (AvgIpc) is 3.03. The van der Waals surface area contributed by atoms with Gasteiger partial charge < -0.3 is 9.80 Å². The molecule has 130 valence electrons. The van der Waals surface area contributed by atoms with Crippen LogP contribution in [-0.4, -0.2) is 35.7 Å². The number of nitrogens with zero attached hydrogens (tertiary/aromatic N) is 2. The standard InChI is InChI=1S/C22H20N2O2/c1-13-5-9-15(10-6-13)19-17-18(22(26)23(19)3)20(24(4)21(17)25)16-11-7-14(2)8-12-16/h5-12H,1-4H3. The fourth-order valence-electron chi connectivity index (χ4n) is 3.63. The summed E-state index contributed by atoms with van der Waals surface area (Å²) < 4.78 is 0. The van der Waals surface area contributed by atoms with Crippen LogP contribution in [0.1, 0.15) is 22.3 Å². The second kappa shape index (κ2) is 5.70. The first-order chi connectivity index (χ1) is 12.4. The minimum Gasteiger partial charge on any atom is -0.310 e. The van der Waals surface area contributed by atoms with E-state index in [1.165, 1.54) is 0 Å². The fraction of sp³-hybridized carbons (Fsp3) is 0.182. The zero-order valence-electron chi connectivity index (χ0n) is 15.3. The van der Waals surface area contributed by atoms with Gasteiger partial charge in [0.15, 0.2) is 0 Å². The molecule has 2 aliphatic rings. The number of amides is 2. The van der Waals surface area contributed by atoms with Crippen LogP contribution in [0.2, 0.25) is 0 Å². The normalized spacial score (nSPS) is 16.9. The van der Waals surface area contributed by atoms with Gasteiger partial charge in [0.1, 0.15) is 0 Å². The van der Waals surface area contributed by atoms with Crippen LogP contribution in [0.15, 0.2) is 59.7 Å². The van der Waals surface area contributed by atoms with E-state index in [2.05, 4.69) is 0 Å². The van der Waals surface area contributed by atoms with Gasteiger partial charge in [0.2, 0.25) is 0 Å². The number of carbonyl (C=O) groups is 2. The van der Waals surface area contributed by atoms with Crippen LogP contribution in [0.25, 0.3) is 11.4 Å². The van der Waals surface area contributed by atoms with E-state index >= 15 is 0 Å². The number of hydrogen-bond acceptors (Lipinski definition) is 2. The number of likely N-dealkylation sites (N-methyl/N-ethyl adjacent to an activating group) is 2. The Morgan fingerprint density at radius 1 is 0.577 bits per heavy atom. The van der Waals surface area contributed by atoms with Crippen molar-refractivity contribution in [1.29, 1.82) is 0 Å². The van der Waals surface area contributed by atoms with Crippen LogP contribution in [0.3, 0.4) is 0 Å². The molecular formula is C22H20N2O2. The summed E-state index contributed by atoms with van der Waals surface area (Å²) in [5, 5.41) is 0. The summed E-state index contributed by atoms with van der Waals surface area (Å²) in [5.74, 6) is -0.271. The molecular weight excluding hydrogens is 324 g/mol. The van der Waals surface area contributed by atoms with E-state index in [-0.39, 0.29) is 11.8 Å². The van der Waals surface area contributed by atoms with Gasteiger partial charge in [-0.15, -0.1) is 0 Å². The Morgan fingerprint density at radius 2 is 0.885 bits per heavy atom. The Morgan fingerprint density at radius 3 is 1.19 bits per heavy atom. The van der Waals surface area contributed by atoms with E-state index in [1.807, 2.05) is 62.4 Å². The van der Waals surface area contributed by atoms with Gasteiger partial charge >= 0.3 is 0 Å². The summed E-state index contributed by atoms with van der Waals surface area (Å²) in [5.41, 5.74) is 6.40. The SMILES string of the molecule is Cc1ccc(C2=C3C(=O)N(C)C(c4ccc(C)cc4)=C3C(=O)N2C)cc1. The maximum Gasteiger partial charge on any atom is 0.261 e. The molecule has 0 atom stereocenters. The van der Waals surface area contributed by atoms with Crippen LogP contribution in [-0.2, 0) is 9.59 Å². The van der Waals surface area contributed by atoms with Crippen molar-refractivity contribution in [3.05, 3.63) is 81.9 Å². The number of fused-ring (bicyclic) bond motifs is 1. The van der Waals surface area contributed by atoms with E-state index in [4.69, 9.17) is 0 Å². The summed E-state index contributed by atoms with van der Waals surface area (Å²) >= 11 is 0. The zero-order chi connectivity index (χ0) is 18.6. The molecule has 0 spiro atoms. The Labute approximate surface area is 153 Å². The van der Waals surface area contributed by atoms with Gasteiger partial charge in [0.05, 0.1) is 22.5 Å². The Hall–Kier alpha value is -3.14. The molecule has 2 aromatic carbocycles. The van der Waals surface area contributed by atoms with E-state index in [1.54, 1.807) is 23.9 Å². The van der Waals surface area contributed by atoms with Crippen molar-refractivity contribution in [3.8, 4) is 0 Å². The van der Waals surface area contributed by atoms with Crippen molar-refractivity contribution in [2.45, 2.75) is 13.8 Å². The first kappa shape index (κ1) is 16.3. The average molecular weight is 344 g/mol. The van der Waals surface area contributed by atoms with E-state index in [0.717, 1.165) is 22.3 Å². The maximum absolute atomic E-state index is 13.0. The minimum absolute atomic E-state index is 0.135. The molecule has 4 nitrogen and oxygen atoms in total. The predicted octanol–water partition coefficient (Wildman–Crippen LogP) is 3.37. The third-order valence-corrected chi connectivity index (χ3v) is 5.08. The fourth-order valence-corrected chi connectivity index (χ4v) is 3.63. The molecule has 0 saturated heterocycles. The van der Waals surface area contributed by atoms with E-state index in [9.17, 15) is 9.59 Å². The number of benzene rings is 2. The zero-order valence-corrected chi connectivity index (χ0v) is 15.3. The lowest BCUT2D eigenvalue weighted by Gasteiger charge is -2.20. The van der Waals surface area contributed by atoms with Crippen molar-refractivity contribution in [1.82, 2.24) is 9.80 Å². The molecule has 0 aliphatic carbocycles. The molecule has 0 fully saturated rings. The van der Waals surface area contributed by atoms with Gasteiger partial charge in [0, 0.05) is 14.1 Å². The first-order valence-corrected chi connectivity index (χ1v) is 8.59. The quantitative estimate of drug-likeness (QED) is 0.838. The van der Waals surface area contributed by atoms with Crippen molar-refractivity contribution < 1.29 is 9.59 Å². The molecule has 2 aliphatic heterocycles. The van der Waals surface area contributed by atoms with Crippen LogP contribution < -0.4 is 0 Å². The van der Waals surface area contributed by atoms with Crippen molar-refractivity contribution in [2.75, 3.05) is 14.1 Å². The third kappa shape index (κ3) is 2.22. The molecule has 0 aromatic heterocycles. The van der Waals surface area contributed by atoms with E-state index < -0.39 is 0 Å². The smallest absolute Gasteiger partial charge is 0.261 e. The summed E-state index contributed by atoms with van der Waals surface area (Å²) in [6.45, 7) is 4.03. The highest BCUT2D eigenvalue weighted by Gasteiger charge is 2.46. The lowest BCUT2D eigenvalue weighted by Crippen LogP contribution is -2.25. The number of hydrogen-bond donors (Lipinski definition) is 0. The Balaban J connectivity index is 1.97. The molecule has 0 radical (unpaired) electrons. The molecule has 2 aromatic rings. The molecule has 26 heavy (non-hydrogen) atoms. The molecule has 4 heteroatoms. The molecule has 2 heterocycles. The highest BCUT2D eigenvalue weighted by Crippen LogP contribution is 2.45. The van der Waals surface area contributed by atoms with Gasteiger partial charge in [-0.3, -0.25) is 9.59 Å². The highest BCUT2D eigenvalue weighted by atomic mass is 16.2. The molecule has 0 saturated carbocycles. The second-order valence-corrected chi connectivity index (χ2v) is 6.91. The molecule has 0 bridgehead atoms. The summed E-state index contributed by atoms with van der Waals surface area (Å²) in [6, 6.07) is 15.8. The molecule has 0 N–H and O–H groups in total. The van der Waals surface area contributed by atoms with Crippen LogP contribution in [0.4, 0.5) is 0 Å². The lowest BCUT2D eigenvalue weighted by molar-refractivity contribution is -0.123. The summed E-state index contributed by atoms with van der Waals surface area (Å²) in [4.78, 5) is 29.2. The Bertz CT molecular complexity index is 912. The molecule has 0 unspecified atom stereocenters. The van der Waals surface area contributed by atoms with Gasteiger partial charge in [-0.25, -0.2) is 0 Å². The van der Waals surface area contributed by atoms with Crippen molar-refractivity contribution in [2.24, 2.45) is 0 Å². The van der Waals surface area contributed by atoms with Gasteiger partial charge in [-0.05, 0) is 25.0 Å². The topological polar surface area (TPSA) is 40.6 Å². The number of rotatable bonds is 2. The largest absolute Gasteiger partial charge is 0.310 e. The van der Waals surface area contributed by atoms with Crippen molar-refractivity contribution in [3.63, 3.8) is 0 Å². The highest BCUT2D eigenvalue weighted by molar-refractivity contribution is 6.30. The number of carbonyl (C=O) groups excluding carboxylic acids is 2. The summed E-state index contributed by atoms with van der Waals surface area (Å²) in [6.07, 6.45) is 0. The molecule has 4 rings (SSSR count). The van der Waals surface area contributed by atoms with Gasteiger partial charge in [0.25, 0.3) is 11.8 Å². The second-order valence-electron chi connectivity index (χ2n) is 6.91. The van der Waals surface area contributed by atoms with Gasteiger partial charge in [-0.2, -0.15) is 0 Å². The van der Waals surface area contributed by atoms with E-state index in [0.29, 0.717) is 22.5 Å². The third-order valence-electron chi connectivity index (χ3n) is 5.08. The first-order valence-electron chi connectivity index (χ1n) is 8.59. The Kier molecular flexibility index (Phi) is 3.58. The lowest BCUT2D eigenvalue weighted by atomic mass is 10.0. The minimum atomic E-state index is -0.135. The van der Waals surface area contributed by atoms with Crippen LogP contribution in [0, 0.1) is 13.8 Å². The van der Waals surface area contributed by atoms with Crippen molar-refractivity contribution >= 4 is 23.2 Å². The monoisotopic (exact) mass is 344 g/mol. The van der Waals surface area contributed by atoms with Crippen LogP contribution in [0.5, 0.6) is 0 Å². The van der Waals surface area contributed by atoms with Crippen LogP contribution >= 0.6 is 0 Å². The van der Waals surface area contributed by atoms with Gasteiger partial charge in [-0.1, -0.05) is 59.7 Å². The predicted molar refractivity (Wildman–Crippen MR) is 102 cm³/mol.